The molecule has 1 atom stereocenters. The smallest absolute Gasteiger partial charge is 0.118 e. The molecule has 1 unspecified atom stereocenters. The first-order valence-corrected chi connectivity index (χ1v) is 9.66. The highest BCUT2D eigenvalue weighted by Crippen LogP contribution is 2.29. The molecule has 1 saturated heterocycles. The van der Waals surface area contributed by atoms with E-state index in [0.29, 0.717) is 6.61 Å². The van der Waals surface area contributed by atoms with E-state index in [1.807, 2.05) is 24.3 Å². The van der Waals surface area contributed by atoms with Crippen molar-refractivity contribution in [2.45, 2.75) is 12.5 Å². The van der Waals surface area contributed by atoms with Crippen LogP contribution in [0.3, 0.4) is 0 Å². The van der Waals surface area contributed by atoms with Gasteiger partial charge in [0.1, 0.15) is 11.9 Å². The van der Waals surface area contributed by atoms with Crippen LogP contribution in [-0.4, -0.2) is 48.2 Å². The summed E-state index contributed by atoms with van der Waals surface area (Å²) in [5.74, 6) is 0.829. The summed E-state index contributed by atoms with van der Waals surface area (Å²) in [4.78, 5) is 11.7. The van der Waals surface area contributed by atoms with Crippen LogP contribution in [0.5, 0.6) is 5.75 Å². The molecule has 1 fully saturated rings. The summed E-state index contributed by atoms with van der Waals surface area (Å²) in [5, 5.41) is 0. The molecule has 4 rings (SSSR count). The molecular formula is C23H25N3O2. The van der Waals surface area contributed by atoms with E-state index in [0.717, 1.165) is 48.8 Å². The second-order valence-electron chi connectivity index (χ2n) is 6.91. The summed E-state index contributed by atoms with van der Waals surface area (Å²) in [6.07, 6.45) is 4.45. The highest BCUT2D eigenvalue weighted by atomic mass is 16.5. The monoisotopic (exact) mass is 375 g/mol. The van der Waals surface area contributed by atoms with Gasteiger partial charge in [-0.25, -0.2) is 0 Å². The number of ether oxygens (including phenoxy) is 2. The third kappa shape index (κ3) is 4.38. The summed E-state index contributed by atoms with van der Waals surface area (Å²) in [6.45, 7) is 3.50. The van der Waals surface area contributed by atoms with Crippen molar-refractivity contribution in [3.05, 3.63) is 78.2 Å². The standard InChI is InChI=1S/C23H25N3O2/c1-27-20-9-7-19(8-10-20)22-23(25-13-12-24-22)21-17-26(15-16-28-21)14-11-18-5-3-2-4-6-18/h2-10,12-13,21H,11,14-17H2,1H3. The van der Waals surface area contributed by atoms with Crippen LogP contribution in [0.4, 0.5) is 0 Å². The van der Waals surface area contributed by atoms with E-state index >= 15 is 0 Å². The third-order valence-electron chi connectivity index (χ3n) is 5.11. The van der Waals surface area contributed by atoms with Crippen molar-refractivity contribution in [1.82, 2.24) is 14.9 Å². The molecule has 2 aromatic carbocycles. The molecule has 0 N–H and O–H groups in total. The van der Waals surface area contributed by atoms with Gasteiger partial charge in [0.05, 0.1) is 25.1 Å². The quantitative estimate of drug-likeness (QED) is 0.656. The van der Waals surface area contributed by atoms with Gasteiger partial charge in [-0.1, -0.05) is 30.3 Å². The lowest BCUT2D eigenvalue weighted by atomic mass is 10.0. The van der Waals surface area contributed by atoms with Gasteiger partial charge >= 0.3 is 0 Å². The maximum Gasteiger partial charge on any atom is 0.118 e. The minimum Gasteiger partial charge on any atom is -0.497 e. The normalized spacial score (nSPS) is 17.4. The Morgan fingerprint density at radius 3 is 2.61 bits per heavy atom. The van der Waals surface area contributed by atoms with E-state index in [2.05, 4.69) is 45.2 Å². The third-order valence-corrected chi connectivity index (χ3v) is 5.11. The Bertz CT molecular complexity index is 884. The van der Waals surface area contributed by atoms with Crippen molar-refractivity contribution in [3.8, 4) is 17.0 Å². The van der Waals surface area contributed by atoms with Crippen LogP contribution in [0.15, 0.2) is 67.0 Å². The summed E-state index contributed by atoms with van der Waals surface area (Å²) in [7, 11) is 1.67. The number of benzene rings is 2. The Morgan fingerprint density at radius 1 is 1.04 bits per heavy atom. The summed E-state index contributed by atoms with van der Waals surface area (Å²) >= 11 is 0. The zero-order valence-corrected chi connectivity index (χ0v) is 16.1. The van der Waals surface area contributed by atoms with E-state index in [1.54, 1.807) is 19.5 Å². The summed E-state index contributed by atoms with van der Waals surface area (Å²) in [6, 6.07) is 18.5. The second-order valence-corrected chi connectivity index (χ2v) is 6.91. The van der Waals surface area contributed by atoms with Gasteiger partial charge in [-0.05, 0) is 36.2 Å². The van der Waals surface area contributed by atoms with E-state index in [9.17, 15) is 0 Å². The van der Waals surface area contributed by atoms with Gasteiger partial charge in [-0.3, -0.25) is 14.9 Å². The molecule has 0 radical (unpaired) electrons. The number of rotatable bonds is 6. The molecule has 0 aliphatic carbocycles. The molecule has 0 saturated carbocycles. The van der Waals surface area contributed by atoms with Crippen LogP contribution in [0.1, 0.15) is 17.4 Å². The first kappa shape index (κ1) is 18.6. The molecule has 0 spiro atoms. The Hall–Kier alpha value is -2.76. The number of nitrogens with zero attached hydrogens (tertiary/aromatic N) is 3. The Labute approximate surface area is 166 Å². The first-order valence-electron chi connectivity index (χ1n) is 9.66. The van der Waals surface area contributed by atoms with E-state index in [4.69, 9.17) is 9.47 Å². The number of methoxy groups -OCH3 is 1. The number of hydrogen-bond donors (Lipinski definition) is 0. The van der Waals surface area contributed by atoms with Crippen LogP contribution in [0.2, 0.25) is 0 Å². The SMILES string of the molecule is COc1ccc(-c2nccnc2C2CN(CCc3ccccc3)CCO2)cc1. The van der Waals surface area contributed by atoms with E-state index < -0.39 is 0 Å². The van der Waals surface area contributed by atoms with E-state index in [1.165, 1.54) is 5.56 Å². The molecule has 2 heterocycles. The van der Waals surface area contributed by atoms with Crippen molar-refractivity contribution in [3.63, 3.8) is 0 Å². The van der Waals surface area contributed by atoms with Crippen LogP contribution in [0.25, 0.3) is 11.3 Å². The maximum absolute atomic E-state index is 6.08. The first-order chi connectivity index (χ1) is 13.8. The highest BCUT2D eigenvalue weighted by Gasteiger charge is 2.26. The molecule has 0 bridgehead atoms. The predicted octanol–water partition coefficient (Wildman–Crippen LogP) is 3.77. The Kier molecular flexibility index (Phi) is 5.95. The minimum atomic E-state index is -0.0738. The minimum absolute atomic E-state index is 0.0738. The van der Waals surface area contributed by atoms with Crippen LogP contribution < -0.4 is 4.74 Å². The molecule has 3 aromatic rings. The fraction of sp³-hybridized carbons (Fsp3) is 0.304. The fourth-order valence-electron chi connectivity index (χ4n) is 3.56. The number of morpholine rings is 1. The van der Waals surface area contributed by atoms with E-state index in [-0.39, 0.29) is 6.10 Å². The van der Waals surface area contributed by atoms with Crippen molar-refractivity contribution in [2.24, 2.45) is 0 Å². The van der Waals surface area contributed by atoms with Crippen molar-refractivity contribution in [1.29, 1.82) is 0 Å². The molecule has 5 nitrogen and oxygen atoms in total. The lowest BCUT2D eigenvalue weighted by molar-refractivity contribution is -0.0315. The number of aromatic nitrogens is 2. The number of hydrogen-bond acceptors (Lipinski definition) is 5. The molecule has 144 valence electrons. The molecule has 28 heavy (non-hydrogen) atoms. The van der Waals surface area contributed by atoms with Crippen molar-refractivity contribution < 1.29 is 9.47 Å². The topological polar surface area (TPSA) is 47.5 Å². The maximum atomic E-state index is 6.08. The van der Waals surface area contributed by atoms with Crippen LogP contribution in [0, 0.1) is 0 Å². The van der Waals surface area contributed by atoms with Gasteiger partial charge in [0.15, 0.2) is 0 Å². The van der Waals surface area contributed by atoms with Gasteiger partial charge in [-0.15, -0.1) is 0 Å². The molecule has 1 aliphatic rings. The Morgan fingerprint density at radius 2 is 1.82 bits per heavy atom. The average molecular weight is 375 g/mol. The van der Waals surface area contributed by atoms with Gasteiger partial charge in [0.2, 0.25) is 0 Å². The molecular weight excluding hydrogens is 350 g/mol. The van der Waals surface area contributed by atoms with Gasteiger partial charge in [-0.2, -0.15) is 0 Å². The molecule has 1 aromatic heterocycles. The van der Waals surface area contributed by atoms with Gasteiger partial charge in [0.25, 0.3) is 0 Å². The lowest BCUT2D eigenvalue weighted by Gasteiger charge is -2.33. The lowest BCUT2D eigenvalue weighted by Crippen LogP contribution is -2.39. The highest BCUT2D eigenvalue weighted by molar-refractivity contribution is 5.62. The molecule has 5 heteroatoms. The van der Waals surface area contributed by atoms with Gasteiger partial charge in [0, 0.05) is 37.6 Å². The van der Waals surface area contributed by atoms with Crippen molar-refractivity contribution >= 4 is 0 Å². The predicted molar refractivity (Wildman–Crippen MR) is 109 cm³/mol. The van der Waals surface area contributed by atoms with Crippen LogP contribution >= 0.6 is 0 Å². The second kappa shape index (κ2) is 8.95. The van der Waals surface area contributed by atoms with Gasteiger partial charge < -0.3 is 9.47 Å². The summed E-state index contributed by atoms with van der Waals surface area (Å²) in [5.41, 5.74) is 4.16. The Balaban J connectivity index is 1.49. The van der Waals surface area contributed by atoms with Crippen molar-refractivity contribution in [2.75, 3.05) is 33.4 Å². The van der Waals surface area contributed by atoms with Crippen LogP contribution in [-0.2, 0) is 11.2 Å². The molecule has 1 aliphatic heterocycles. The average Bonchev–Trinajstić information content (AvgIpc) is 2.79. The summed E-state index contributed by atoms with van der Waals surface area (Å²) < 4.78 is 11.3. The fourth-order valence-corrected chi connectivity index (χ4v) is 3.56. The molecule has 0 amide bonds. The largest absolute Gasteiger partial charge is 0.497 e. The zero-order chi connectivity index (χ0) is 19.2. The zero-order valence-electron chi connectivity index (χ0n) is 16.1.